The summed E-state index contributed by atoms with van der Waals surface area (Å²) in [7, 11) is 0. The molecule has 2 aromatic rings. The van der Waals surface area contributed by atoms with E-state index in [0.29, 0.717) is 12.5 Å². The zero-order chi connectivity index (χ0) is 30.6. The molecule has 3 atom stereocenters. The summed E-state index contributed by atoms with van der Waals surface area (Å²) in [6.45, 7) is 5.27. The number of benzene rings is 1. The van der Waals surface area contributed by atoms with E-state index in [4.69, 9.17) is 0 Å². The summed E-state index contributed by atoms with van der Waals surface area (Å²) in [6, 6.07) is 2.06. The second-order valence-corrected chi connectivity index (χ2v) is 11.6. The highest BCUT2D eigenvalue weighted by atomic mass is 19.4. The summed E-state index contributed by atoms with van der Waals surface area (Å²) in [5, 5.41) is 14.0. The first-order chi connectivity index (χ1) is 20.6. The maximum atomic E-state index is 14.5. The number of aromatic amines is 1. The Morgan fingerprint density at radius 1 is 1.02 bits per heavy atom. The summed E-state index contributed by atoms with van der Waals surface area (Å²) >= 11 is 0. The van der Waals surface area contributed by atoms with Gasteiger partial charge in [-0.25, -0.2) is 4.98 Å². The molecule has 0 unspecified atom stereocenters. The molecule has 0 radical (unpaired) electrons. The number of nitrogens with zero attached hydrogens (tertiary/aromatic N) is 4. The molecule has 0 spiro atoms. The third-order valence-corrected chi connectivity index (χ3v) is 8.18. The number of hydrogen-bond donors (Lipinski definition) is 4. The Kier molecular flexibility index (Phi) is 9.65. The van der Waals surface area contributed by atoms with Gasteiger partial charge in [-0.1, -0.05) is 25.5 Å². The first kappa shape index (κ1) is 30.9. The zero-order valence-corrected chi connectivity index (χ0v) is 24.2. The predicted octanol–water partition coefficient (Wildman–Crippen LogP) is 2.03. The number of amides is 2. The van der Waals surface area contributed by atoms with Crippen LogP contribution < -0.4 is 20.9 Å². The molecule has 1 aliphatic heterocycles. The standard InChI is InChI=1S/C29H39F3N8O3/c1-2-3-22(25(41)28(43)35-19-6-7-19)37-27(42)23(16-24-33-17-34-38-24)36-26(29(30,31)32)18-4-8-20(9-5-18)39-12-14-40(15-13-39)21-10-11-21/h4-5,8-9,17,19,21-23,26,36H,2-3,6-7,10-16H2,1H3,(H,35,43)(H,37,42)(H,33,34,38)/t22-,23-,26-/m0/s1. The van der Waals surface area contributed by atoms with E-state index in [-0.39, 0.29) is 30.3 Å². The first-order valence-electron chi connectivity index (χ1n) is 15.0. The molecule has 11 nitrogen and oxygen atoms in total. The van der Waals surface area contributed by atoms with Crippen LogP contribution in [-0.2, 0) is 20.8 Å². The zero-order valence-electron chi connectivity index (χ0n) is 24.2. The van der Waals surface area contributed by atoms with Gasteiger partial charge in [0.1, 0.15) is 12.4 Å². The lowest BCUT2D eigenvalue weighted by Gasteiger charge is -2.36. The highest BCUT2D eigenvalue weighted by Crippen LogP contribution is 2.35. The van der Waals surface area contributed by atoms with Crippen molar-refractivity contribution in [3.63, 3.8) is 0 Å². The molecule has 43 heavy (non-hydrogen) atoms. The SMILES string of the molecule is CCC[C@H](NC(=O)[C@H](Cc1nc[nH]n1)N[C@@H](c1ccc(N2CCN(C3CC3)CC2)cc1)C(F)(F)F)C(=O)C(=O)NC1CC1. The van der Waals surface area contributed by atoms with Crippen molar-refractivity contribution in [2.24, 2.45) is 0 Å². The minimum absolute atomic E-state index is 0.0503. The molecule has 3 fully saturated rings. The third-order valence-electron chi connectivity index (χ3n) is 8.18. The molecule has 2 heterocycles. The Morgan fingerprint density at radius 3 is 2.28 bits per heavy atom. The molecule has 0 bridgehead atoms. The predicted molar refractivity (Wildman–Crippen MR) is 152 cm³/mol. The summed E-state index contributed by atoms with van der Waals surface area (Å²) in [4.78, 5) is 47.3. The highest BCUT2D eigenvalue weighted by Gasteiger charge is 2.44. The molecule has 2 aliphatic carbocycles. The maximum Gasteiger partial charge on any atom is 0.407 e. The molecule has 4 N–H and O–H groups in total. The number of anilines is 1. The molecule has 234 valence electrons. The van der Waals surface area contributed by atoms with Crippen LogP contribution in [0.2, 0.25) is 0 Å². The molecular formula is C29H39F3N8O3. The molecule has 1 saturated heterocycles. The second-order valence-electron chi connectivity index (χ2n) is 11.6. The van der Waals surface area contributed by atoms with E-state index in [2.05, 4.69) is 40.9 Å². The van der Waals surface area contributed by atoms with Crippen LogP contribution in [0.25, 0.3) is 0 Å². The van der Waals surface area contributed by atoms with Crippen LogP contribution in [0, 0.1) is 0 Å². The summed E-state index contributed by atoms with van der Waals surface area (Å²) in [6.07, 6.45) is 0.925. The lowest BCUT2D eigenvalue weighted by Crippen LogP contribution is -2.55. The summed E-state index contributed by atoms with van der Waals surface area (Å²) < 4.78 is 43.4. The summed E-state index contributed by atoms with van der Waals surface area (Å²) in [5.41, 5.74) is 0.797. The minimum atomic E-state index is -4.74. The number of Topliss-reactive ketones (excluding diaryl/α,β-unsaturated/α-hetero) is 1. The van der Waals surface area contributed by atoms with Crippen molar-refractivity contribution in [2.75, 3.05) is 31.1 Å². The number of ketones is 1. The van der Waals surface area contributed by atoms with Gasteiger partial charge in [0, 0.05) is 50.4 Å². The van der Waals surface area contributed by atoms with Gasteiger partial charge in [0.05, 0.1) is 12.1 Å². The fourth-order valence-electron chi connectivity index (χ4n) is 5.46. The van der Waals surface area contributed by atoms with Crippen LogP contribution in [0.1, 0.15) is 62.9 Å². The Balaban J connectivity index is 1.30. The Hall–Kier alpha value is -3.52. The lowest BCUT2D eigenvalue weighted by molar-refractivity contribution is -0.161. The van der Waals surface area contributed by atoms with Crippen molar-refractivity contribution in [2.45, 2.75) is 88.3 Å². The average Bonchev–Trinajstić information content (AvgIpc) is 3.93. The monoisotopic (exact) mass is 604 g/mol. The van der Waals surface area contributed by atoms with E-state index in [0.717, 1.165) is 44.7 Å². The number of aromatic nitrogens is 3. The van der Waals surface area contributed by atoms with Gasteiger partial charge < -0.3 is 15.5 Å². The highest BCUT2D eigenvalue weighted by molar-refractivity contribution is 6.38. The number of nitrogens with one attached hydrogen (secondary N) is 4. The van der Waals surface area contributed by atoms with Gasteiger partial charge >= 0.3 is 6.18 Å². The van der Waals surface area contributed by atoms with Gasteiger partial charge in [-0.05, 0) is 49.8 Å². The number of H-pyrrole nitrogens is 1. The fraction of sp³-hybridized carbons (Fsp3) is 0.621. The van der Waals surface area contributed by atoms with Gasteiger partial charge in [0.25, 0.3) is 5.91 Å². The molecular weight excluding hydrogens is 565 g/mol. The van der Waals surface area contributed by atoms with Crippen molar-refractivity contribution in [1.29, 1.82) is 0 Å². The number of carbonyl (C=O) groups is 3. The van der Waals surface area contributed by atoms with Crippen LogP contribution in [-0.4, -0.2) is 94.2 Å². The van der Waals surface area contributed by atoms with Crippen molar-refractivity contribution < 1.29 is 27.6 Å². The number of carbonyl (C=O) groups excluding carboxylic acids is 3. The Morgan fingerprint density at radius 2 is 1.72 bits per heavy atom. The number of halogens is 3. The van der Waals surface area contributed by atoms with E-state index in [1.165, 1.54) is 31.3 Å². The van der Waals surface area contributed by atoms with Crippen LogP contribution in [0.5, 0.6) is 0 Å². The minimum Gasteiger partial charge on any atom is -0.369 e. The largest absolute Gasteiger partial charge is 0.407 e. The van der Waals surface area contributed by atoms with Crippen LogP contribution in [0.4, 0.5) is 18.9 Å². The van der Waals surface area contributed by atoms with E-state index < -0.39 is 41.9 Å². The molecule has 2 amide bonds. The number of alkyl halides is 3. The third kappa shape index (κ3) is 8.31. The quantitative estimate of drug-likeness (QED) is 0.241. The lowest BCUT2D eigenvalue weighted by atomic mass is 10.0. The van der Waals surface area contributed by atoms with Crippen LogP contribution in [0.3, 0.4) is 0 Å². The topological polar surface area (TPSA) is 135 Å². The van der Waals surface area contributed by atoms with Gasteiger partial charge in [-0.15, -0.1) is 0 Å². The smallest absolute Gasteiger partial charge is 0.369 e. The molecule has 14 heteroatoms. The van der Waals surface area contributed by atoms with Gasteiger partial charge in [0.2, 0.25) is 11.7 Å². The second kappa shape index (κ2) is 13.4. The number of hydrogen-bond acceptors (Lipinski definition) is 8. The molecule has 2 saturated carbocycles. The molecule has 1 aromatic carbocycles. The van der Waals surface area contributed by atoms with Crippen LogP contribution in [0.15, 0.2) is 30.6 Å². The van der Waals surface area contributed by atoms with Crippen molar-refractivity contribution in [1.82, 2.24) is 36.0 Å². The van der Waals surface area contributed by atoms with Gasteiger partial charge in [-0.2, -0.15) is 18.3 Å². The van der Waals surface area contributed by atoms with Crippen molar-refractivity contribution in [3.05, 3.63) is 42.0 Å². The fourth-order valence-corrected chi connectivity index (χ4v) is 5.46. The van der Waals surface area contributed by atoms with E-state index in [1.807, 2.05) is 0 Å². The average molecular weight is 605 g/mol. The number of rotatable bonds is 14. The maximum absolute atomic E-state index is 14.5. The van der Waals surface area contributed by atoms with E-state index in [9.17, 15) is 27.6 Å². The Bertz CT molecular complexity index is 1240. The Labute approximate surface area is 248 Å². The normalized spacial score (nSPS) is 19.9. The first-order valence-corrected chi connectivity index (χ1v) is 15.0. The molecule has 1 aromatic heterocycles. The molecule has 5 rings (SSSR count). The molecule has 3 aliphatic rings. The summed E-state index contributed by atoms with van der Waals surface area (Å²) in [5.74, 6) is -2.35. The van der Waals surface area contributed by atoms with Gasteiger partial charge in [0.15, 0.2) is 5.82 Å². The van der Waals surface area contributed by atoms with E-state index in [1.54, 1.807) is 19.1 Å². The van der Waals surface area contributed by atoms with Crippen LogP contribution >= 0.6 is 0 Å². The van der Waals surface area contributed by atoms with E-state index >= 15 is 0 Å². The number of piperazine rings is 1. The van der Waals surface area contributed by atoms with Gasteiger partial charge in [-0.3, -0.25) is 29.7 Å². The van der Waals surface area contributed by atoms with Crippen molar-refractivity contribution >= 4 is 23.3 Å². The van der Waals surface area contributed by atoms with Crippen molar-refractivity contribution in [3.8, 4) is 0 Å².